The number of ether oxygens (including phenoxy) is 1. The van der Waals surface area contributed by atoms with Gasteiger partial charge >= 0.3 is 0 Å². The Morgan fingerprint density at radius 2 is 2.33 bits per heavy atom. The maximum absolute atomic E-state index is 5.84. The number of nitrogens with two attached hydrogens (primary N) is 1. The van der Waals surface area contributed by atoms with Crippen LogP contribution >= 0.6 is 11.6 Å². The van der Waals surface area contributed by atoms with E-state index in [1.165, 1.54) is 0 Å². The van der Waals surface area contributed by atoms with E-state index in [-0.39, 0.29) is 6.10 Å². The van der Waals surface area contributed by atoms with Gasteiger partial charge in [0.2, 0.25) is 0 Å². The molecule has 64 valence electrons. The quantitative estimate of drug-likeness (QED) is 0.627. The number of hydrogen-bond donors (Lipinski definition) is 1. The zero-order valence-electron chi connectivity index (χ0n) is 6.80. The van der Waals surface area contributed by atoms with Gasteiger partial charge in [0, 0.05) is 17.0 Å². The summed E-state index contributed by atoms with van der Waals surface area (Å²) in [6.07, 6.45) is 1.13. The Morgan fingerprint density at radius 3 is 3.08 bits per heavy atom. The molecule has 0 fully saturated rings. The highest BCUT2D eigenvalue weighted by atomic mass is 35.5. The van der Waals surface area contributed by atoms with Gasteiger partial charge < -0.3 is 10.5 Å². The molecule has 0 bridgehead atoms. The van der Waals surface area contributed by atoms with Gasteiger partial charge in [-0.2, -0.15) is 0 Å². The molecule has 0 aliphatic carbocycles. The number of rotatable bonds is 0. The first-order chi connectivity index (χ1) is 5.66. The molecule has 0 saturated heterocycles. The molecule has 2 rings (SSSR count). The second-order valence-corrected chi connectivity index (χ2v) is 3.55. The summed E-state index contributed by atoms with van der Waals surface area (Å²) in [7, 11) is 0. The van der Waals surface area contributed by atoms with Crippen molar-refractivity contribution in [3.05, 3.63) is 22.7 Å². The van der Waals surface area contributed by atoms with E-state index in [0.717, 1.165) is 17.7 Å². The van der Waals surface area contributed by atoms with Crippen LogP contribution in [0.2, 0.25) is 5.02 Å². The SMILES string of the molecule is CC1Cc2cc(Cl)cc(N)c2O1. The molecular weight excluding hydrogens is 174 g/mol. The topological polar surface area (TPSA) is 35.2 Å². The second kappa shape index (κ2) is 2.56. The van der Waals surface area contributed by atoms with Crippen LogP contribution in [0.3, 0.4) is 0 Å². The first kappa shape index (κ1) is 7.74. The Labute approximate surface area is 76.3 Å². The largest absolute Gasteiger partial charge is 0.488 e. The van der Waals surface area contributed by atoms with E-state index >= 15 is 0 Å². The van der Waals surface area contributed by atoms with Crippen molar-refractivity contribution < 1.29 is 4.74 Å². The highest BCUT2D eigenvalue weighted by molar-refractivity contribution is 6.31. The maximum atomic E-state index is 5.84. The summed E-state index contributed by atoms with van der Waals surface area (Å²) in [5, 5.41) is 0.684. The second-order valence-electron chi connectivity index (χ2n) is 3.12. The van der Waals surface area contributed by atoms with Crippen LogP contribution in [0.15, 0.2) is 12.1 Å². The van der Waals surface area contributed by atoms with Gasteiger partial charge in [0.05, 0.1) is 5.69 Å². The van der Waals surface area contributed by atoms with Crippen molar-refractivity contribution in [3.8, 4) is 5.75 Å². The summed E-state index contributed by atoms with van der Waals surface area (Å²) >= 11 is 5.84. The summed E-state index contributed by atoms with van der Waals surface area (Å²) in [6, 6.07) is 3.63. The number of hydrogen-bond acceptors (Lipinski definition) is 2. The Balaban J connectivity index is 2.52. The molecule has 1 aromatic carbocycles. The van der Waals surface area contributed by atoms with Crippen LogP contribution in [-0.2, 0) is 6.42 Å². The molecule has 3 heteroatoms. The molecule has 0 spiro atoms. The Hall–Kier alpha value is -0.890. The van der Waals surface area contributed by atoms with Crippen LogP contribution in [-0.4, -0.2) is 6.10 Å². The van der Waals surface area contributed by atoms with Gasteiger partial charge in [0.25, 0.3) is 0 Å². The molecule has 1 aliphatic rings. The summed E-state index contributed by atoms with van der Waals surface area (Å²) in [5.74, 6) is 0.812. The van der Waals surface area contributed by atoms with Crippen molar-refractivity contribution in [2.45, 2.75) is 19.4 Å². The number of halogens is 1. The molecule has 1 unspecified atom stereocenters. The lowest BCUT2D eigenvalue weighted by atomic mass is 10.1. The highest BCUT2D eigenvalue weighted by Crippen LogP contribution is 2.36. The normalized spacial score (nSPS) is 20.3. The van der Waals surface area contributed by atoms with Crippen LogP contribution in [0.4, 0.5) is 5.69 Å². The number of benzene rings is 1. The van der Waals surface area contributed by atoms with E-state index in [2.05, 4.69) is 0 Å². The predicted molar refractivity (Wildman–Crippen MR) is 49.7 cm³/mol. The minimum absolute atomic E-state index is 0.223. The molecule has 0 saturated carbocycles. The molecule has 0 radical (unpaired) electrons. The molecule has 1 aromatic rings. The van der Waals surface area contributed by atoms with E-state index in [1.54, 1.807) is 6.07 Å². The van der Waals surface area contributed by atoms with Crippen molar-refractivity contribution in [1.82, 2.24) is 0 Å². The molecular formula is C9H10ClNO. The van der Waals surface area contributed by atoms with Crippen molar-refractivity contribution in [2.75, 3.05) is 5.73 Å². The minimum Gasteiger partial charge on any atom is -0.488 e. The van der Waals surface area contributed by atoms with E-state index in [4.69, 9.17) is 22.1 Å². The molecule has 0 aromatic heterocycles. The van der Waals surface area contributed by atoms with Crippen LogP contribution < -0.4 is 10.5 Å². The van der Waals surface area contributed by atoms with Crippen molar-refractivity contribution >= 4 is 17.3 Å². The van der Waals surface area contributed by atoms with Gasteiger partial charge in [-0.3, -0.25) is 0 Å². The van der Waals surface area contributed by atoms with E-state index in [9.17, 15) is 0 Å². The number of anilines is 1. The van der Waals surface area contributed by atoms with Crippen LogP contribution in [0.1, 0.15) is 12.5 Å². The molecule has 1 atom stereocenters. The lowest BCUT2D eigenvalue weighted by Crippen LogP contribution is -2.05. The van der Waals surface area contributed by atoms with E-state index in [1.807, 2.05) is 13.0 Å². The maximum Gasteiger partial charge on any atom is 0.146 e. The first-order valence-electron chi connectivity index (χ1n) is 3.91. The predicted octanol–water partition coefficient (Wildman–Crippen LogP) is 2.25. The van der Waals surface area contributed by atoms with Crippen LogP contribution in [0.5, 0.6) is 5.75 Å². The smallest absolute Gasteiger partial charge is 0.146 e. The van der Waals surface area contributed by atoms with Crippen molar-refractivity contribution in [3.63, 3.8) is 0 Å². The van der Waals surface area contributed by atoms with Gasteiger partial charge in [0.15, 0.2) is 0 Å². The molecule has 2 N–H and O–H groups in total. The fourth-order valence-corrected chi connectivity index (χ4v) is 1.77. The standard InChI is InChI=1S/C9H10ClNO/c1-5-2-6-3-7(10)4-8(11)9(6)12-5/h3-5H,2,11H2,1H3. The third-order valence-electron chi connectivity index (χ3n) is 1.99. The Kier molecular flexibility index (Phi) is 1.65. The fraction of sp³-hybridized carbons (Fsp3) is 0.333. The van der Waals surface area contributed by atoms with Gasteiger partial charge in [0.1, 0.15) is 11.9 Å². The molecule has 12 heavy (non-hydrogen) atoms. The first-order valence-corrected chi connectivity index (χ1v) is 4.29. The monoisotopic (exact) mass is 183 g/mol. The number of fused-ring (bicyclic) bond motifs is 1. The van der Waals surface area contributed by atoms with Crippen LogP contribution in [0, 0.1) is 0 Å². The third-order valence-corrected chi connectivity index (χ3v) is 2.20. The van der Waals surface area contributed by atoms with E-state index in [0.29, 0.717) is 10.7 Å². The minimum atomic E-state index is 0.223. The Morgan fingerprint density at radius 1 is 1.58 bits per heavy atom. The van der Waals surface area contributed by atoms with Gasteiger partial charge in [-0.15, -0.1) is 0 Å². The van der Waals surface area contributed by atoms with Gasteiger partial charge in [-0.05, 0) is 19.1 Å². The molecule has 1 aliphatic heterocycles. The van der Waals surface area contributed by atoms with Crippen LogP contribution in [0.25, 0.3) is 0 Å². The third kappa shape index (κ3) is 1.12. The lowest BCUT2D eigenvalue weighted by Gasteiger charge is -2.05. The molecule has 1 heterocycles. The summed E-state index contributed by atoms with van der Waals surface area (Å²) < 4.78 is 5.51. The lowest BCUT2D eigenvalue weighted by molar-refractivity contribution is 0.256. The zero-order chi connectivity index (χ0) is 8.72. The van der Waals surface area contributed by atoms with Crippen molar-refractivity contribution in [1.29, 1.82) is 0 Å². The average molecular weight is 184 g/mol. The highest BCUT2D eigenvalue weighted by Gasteiger charge is 2.21. The summed E-state index contributed by atoms with van der Waals surface area (Å²) in [5.41, 5.74) is 7.48. The summed E-state index contributed by atoms with van der Waals surface area (Å²) in [4.78, 5) is 0. The summed E-state index contributed by atoms with van der Waals surface area (Å²) in [6.45, 7) is 2.02. The molecule has 0 amide bonds. The number of nitrogen functional groups attached to an aromatic ring is 1. The zero-order valence-corrected chi connectivity index (χ0v) is 7.56. The van der Waals surface area contributed by atoms with E-state index < -0.39 is 0 Å². The fourth-order valence-electron chi connectivity index (χ4n) is 1.52. The average Bonchev–Trinajstić information content (AvgIpc) is 2.29. The van der Waals surface area contributed by atoms with Crippen molar-refractivity contribution in [2.24, 2.45) is 0 Å². The molecule has 2 nitrogen and oxygen atoms in total. The van der Waals surface area contributed by atoms with Gasteiger partial charge in [-0.25, -0.2) is 0 Å². The Bertz CT molecular complexity index is 325. The van der Waals surface area contributed by atoms with Gasteiger partial charge in [-0.1, -0.05) is 11.6 Å².